The van der Waals surface area contributed by atoms with Crippen molar-refractivity contribution < 1.29 is 0 Å². The van der Waals surface area contributed by atoms with E-state index in [1.54, 1.807) is 0 Å². The van der Waals surface area contributed by atoms with Crippen LogP contribution in [0.3, 0.4) is 0 Å². The van der Waals surface area contributed by atoms with Gasteiger partial charge in [-0.15, -0.1) is 0 Å². The molecule has 1 unspecified atom stereocenters. The zero-order chi connectivity index (χ0) is 15.2. The highest BCUT2D eigenvalue weighted by Crippen LogP contribution is 2.22. The fraction of sp³-hybridized carbons (Fsp3) is 0.368. The van der Waals surface area contributed by atoms with E-state index in [4.69, 9.17) is 5.73 Å². The molecule has 0 heterocycles. The molecule has 112 valence electrons. The summed E-state index contributed by atoms with van der Waals surface area (Å²) in [4.78, 5) is 2.44. The maximum absolute atomic E-state index is 5.75. The van der Waals surface area contributed by atoms with Crippen LogP contribution >= 0.6 is 0 Å². The van der Waals surface area contributed by atoms with Crippen LogP contribution in [0.1, 0.15) is 37.3 Å². The molecular weight excluding hydrogens is 256 g/mol. The Morgan fingerprint density at radius 3 is 2.19 bits per heavy atom. The van der Waals surface area contributed by atoms with E-state index in [-0.39, 0.29) is 0 Å². The summed E-state index contributed by atoms with van der Waals surface area (Å²) < 4.78 is 0. The third kappa shape index (κ3) is 4.25. The Morgan fingerprint density at radius 2 is 1.62 bits per heavy atom. The summed E-state index contributed by atoms with van der Waals surface area (Å²) in [6, 6.07) is 17.1. The lowest BCUT2D eigenvalue weighted by molar-refractivity contribution is 0.654. The van der Waals surface area contributed by atoms with E-state index in [2.05, 4.69) is 62.1 Å². The van der Waals surface area contributed by atoms with Gasteiger partial charge in [-0.2, -0.15) is 0 Å². The molecule has 0 fully saturated rings. The Labute approximate surface area is 128 Å². The third-order valence-corrected chi connectivity index (χ3v) is 4.12. The zero-order valence-electron chi connectivity index (χ0n) is 13.3. The number of benzene rings is 2. The van der Waals surface area contributed by atoms with Crippen LogP contribution in [0, 0.1) is 6.92 Å². The summed E-state index contributed by atoms with van der Waals surface area (Å²) in [5.74, 6) is 0.546. The maximum atomic E-state index is 5.75. The van der Waals surface area contributed by atoms with Gasteiger partial charge in [0.05, 0.1) is 0 Å². The third-order valence-electron chi connectivity index (χ3n) is 4.12. The minimum Gasteiger partial charge on any atom is -0.399 e. The molecule has 2 heteroatoms. The van der Waals surface area contributed by atoms with Crippen LogP contribution in [0.2, 0.25) is 0 Å². The predicted molar refractivity (Wildman–Crippen MR) is 93.0 cm³/mol. The summed E-state index contributed by atoms with van der Waals surface area (Å²) in [6.07, 6.45) is 1.14. The monoisotopic (exact) mass is 282 g/mol. The Bertz CT molecular complexity index is 543. The van der Waals surface area contributed by atoms with E-state index in [1.807, 2.05) is 12.1 Å². The SMILES string of the molecule is CCN(CCC(C)c1ccc(N)cc1)c1ccc(C)cc1. The minimum absolute atomic E-state index is 0.546. The van der Waals surface area contributed by atoms with Gasteiger partial charge in [-0.3, -0.25) is 0 Å². The van der Waals surface area contributed by atoms with Crippen LogP contribution in [0.15, 0.2) is 48.5 Å². The number of hydrogen-bond acceptors (Lipinski definition) is 2. The first kappa shape index (κ1) is 15.4. The molecule has 1 atom stereocenters. The van der Waals surface area contributed by atoms with Crippen molar-refractivity contribution in [2.45, 2.75) is 33.1 Å². The van der Waals surface area contributed by atoms with Gasteiger partial charge in [-0.25, -0.2) is 0 Å². The molecule has 0 aliphatic carbocycles. The number of nitrogens with two attached hydrogens (primary N) is 1. The van der Waals surface area contributed by atoms with E-state index in [9.17, 15) is 0 Å². The van der Waals surface area contributed by atoms with Gasteiger partial charge in [0, 0.05) is 24.5 Å². The Balaban J connectivity index is 1.96. The number of rotatable bonds is 6. The first-order valence-electron chi connectivity index (χ1n) is 7.77. The number of hydrogen-bond donors (Lipinski definition) is 1. The molecule has 0 amide bonds. The summed E-state index contributed by atoms with van der Waals surface area (Å²) in [7, 11) is 0. The molecule has 0 saturated carbocycles. The molecule has 2 aromatic carbocycles. The summed E-state index contributed by atoms with van der Waals surface area (Å²) >= 11 is 0. The van der Waals surface area contributed by atoms with Crippen molar-refractivity contribution in [2.75, 3.05) is 23.7 Å². The molecule has 2 N–H and O–H groups in total. The van der Waals surface area contributed by atoms with Crippen molar-refractivity contribution in [3.63, 3.8) is 0 Å². The summed E-state index contributed by atoms with van der Waals surface area (Å²) in [6.45, 7) is 8.74. The van der Waals surface area contributed by atoms with E-state index < -0.39 is 0 Å². The number of nitrogen functional groups attached to an aromatic ring is 1. The van der Waals surface area contributed by atoms with Gasteiger partial charge in [0.25, 0.3) is 0 Å². The molecule has 0 aliphatic heterocycles. The zero-order valence-corrected chi connectivity index (χ0v) is 13.3. The van der Waals surface area contributed by atoms with Crippen LogP contribution in [0.4, 0.5) is 11.4 Å². The van der Waals surface area contributed by atoms with Crippen LogP contribution in [0.5, 0.6) is 0 Å². The smallest absolute Gasteiger partial charge is 0.0366 e. The van der Waals surface area contributed by atoms with Crippen molar-refractivity contribution in [1.29, 1.82) is 0 Å². The highest BCUT2D eigenvalue weighted by Gasteiger charge is 2.09. The van der Waals surface area contributed by atoms with Crippen LogP contribution < -0.4 is 10.6 Å². The molecular formula is C19H26N2. The Kier molecular flexibility index (Phi) is 5.26. The molecule has 0 bridgehead atoms. The average Bonchev–Trinajstić information content (AvgIpc) is 2.50. The van der Waals surface area contributed by atoms with Crippen molar-refractivity contribution in [3.05, 3.63) is 59.7 Å². The number of aryl methyl sites for hydroxylation is 1. The first-order chi connectivity index (χ1) is 10.1. The molecule has 0 aliphatic rings. The van der Waals surface area contributed by atoms with Crippen LogP contribution in [-0.4, -0.2) is 13.1 Å². The lowest BCUT2D eigenvalue weighted by Gasteiger charge is -2.25. The highest BCUT2D eigenvalue weighted by molar-refractivity contribution is 5.47. The molecule has 0 spiro atoms. The molecule has 2 nitrogen and oxygen atoms in total. The van der Waals surface area contributed by atoms with Gasteiger partial charge >= 0.3 is 0 Å². The standard InChI is InChI=1S/C19H26N2/c1-4-21(19-11-5-15(2)6-12-19)14-13-16(3)17-7-9-18(20)10-8-17/h5-12,16H,4,13-14,20H2,1-3H3. The Hall–Kier alpha value is -1.96. The second kappa shape index (κ2) is 7.16. The second-order valence-electron chi connectivity index (χ2n) is 5.77. The van der Waals surface area contributed by atoms with Crippen molar-refractivity contribution in [1.82, 2.24) is 0 Å². The van der Waals surface area contributed by atoms with Crippen LogP contribution in [-0.2, 0) is 0 Å². The molecule has 0 saturated heterocycles. The fourth-order valence-electron chi connectivity index (χ4n) is 2.57. The van der Waals surface area contributed by atoms with Crippen molar-refractivity contribution in [2.24, 2.45) is 0 Å². The van der Waals surface area contributed by atoms with E-state index in [1.165, 1.54) is 16.8 Å². The van der Waals surface area contributed by atoms with E-state index in [0.717, 1.165) is 25.2 Å². The molecule has 0 aromatic heterocycles. The number of anilines is 2. The van der Waals surface area contributed by atoms with Crippen molar-refractivity contribution in [3.8, 4) is 0 Å². The first-order valence-corrected chi connectivity index (χ1v) is 7.77. The highest BCUT2D eigenvalue weighted by atomic mass is 15.1. The molecule has 21 heavy (non-hydrogen) atoms. The van der Waals surface area contributed by atoms with E-state index in [0.29, 0.717) is 5.92 Å². The van der Waals surface area contributed by atoms with Crippen molar-refractivity contribution >= 4 is 11.4 Å². The topological polar surface area (TPSA) is 29.3 Å². The summed E-state index contributed by atoms with van der Waals surface area (Å²) in [5.41, 5.74) is 10.6. The lowest BCUT2D eigenvalue weighted by atomic mass is 9.97. The second-order valence-corrected chi connectivity index (χ2v) is 5.77. The van der Waals surface area contributed by atoms with Gasteiger partial charge in [0.1, 0.15) is 0 Å². The Morgan fingerprint density at radius 1 is 1.00 bits per heavy atom. The largest absolute Gasteiger partial charge is 0.399 e. The fourth-order valence-corrected chi connectivity index (χ4v) is 2.57. The average molecular weight is 282 g/mol. The lowest BCUT2D eigenvalue weighted by Crippen LogP contribution is -2.24. The minimum atomic E-state index is 0.546. The van der Waals surface area contributed by atoms with Gasteiger partial charge in [-0.05, 0) is 56.0 Å². The predicted octanol–water partition coefficient (Wildman–Crippen LogP) is 4.60. The van der Waals surface area contributed by atoms with Gasteiger partial charge in [0.2, 0.25) is 0 Å². The molecule has 2 aromatic rings. The van der Waals surface area contributed by atoms with Gasteiger partial charge in [-0.1, -0.05) is 36.8 Å². The van der Waals surface area contributed by atoms with Gasteiger partial charge < -0.3 is 10.6 Å². The summed E-state index contributed by atoms with van der Waals surface area (Å²) in [5, 5.41) is 0. The maximum Gasteiger partial charge on any atom is 0.0366 e. The normalized spacial score (nSPS) is 12.1. The number of nitrogens with zero attached hydrogens (tertiary/aromatic N) is 1. The molecule has 2 rings (SSSR count). The quantitative estimate of drug-likeness (QED) is 0.785. The van der Waals surface area contributed by atoms with Crippen LogP contribution in [0.25, 0.3) is 0 Å². The molecule has 0 radical (unpaired) electrons. The van der Waals surface area contributed by atoms with E-state index >= 15 is 0 Å². The van der Waals surface area contributed by atoms with Gasteiger partial charge in [0.15, 0.2) is 0 Å².